The average molecular weight is 767 g/mol. The Morgan fingerprint density at radius 2 is 1.34 bits per heavy atom. The maximum Gasteiger partial charge on any atom is 0.268 e. The van der Waals surface area contributed by atoms with E-state index in [-0.39, 0.29) is 18.9 Å². The number of carbonyl (C=O) groups excluding carboxylic acids is 1. The number of amides is 1. The van der Waals surface area contributed by atoms with Gasteiger partial charge in [0.1, 0.15) is 13.2 Å². The second kappa shape index (κ2) is 31.6. The van der Waals surface area contributed by atoms with Crippen molar-refractivity contribution in [3.63, 3.8) is 0 Å². The molecular weight excluding hydrogens is 687 g/mol. The van der Waals surface area contributed by atoms with Gasteiger partial charge in [-0.15, -0.1) is 0 Å². The number of nitrogens with one attached hydrogen (secondary N) is 1. The molecule has 0 aromatic rings. The maximum atomic E-state index is 12.8. The standard InChI is InChI=1S/C43H79N2O7P/c1-6-8-10-11-12-13-14-15-16-19-22-25-29-32-40(46)39(38-51-53(48,49)50-37-36-45(3,4)5)44-43(47)35-31-27-24-21-18-17-20-23-26-30-34-42-41(52-42)33-28-9-7-2/h17,20-21,24,26,29-30,32,39-42,46H,6-16,18-19,22-23,25,27-28,31,33-38H2,1-5H3,(H-,44,47,48,49)/b20-17-,24-21-,30-26-,32-29+/t39-,40+,41?,42?/m0/s1. The van der Waals surface area contributed by atoms with E-state index in [4.69, 9.17) is 13.8 Å². The van der Waals surface area contributed by atoms with E-state index in [0.717, 1.165) is 44.9 Å². The molecule has 1 fully saturated rings. The quantitative estimate of drug-likeness (QED) is 0.0214. The molecule has 2 N–H and O–H groups in total. The predicted octanol–water partition coefficient (Wildman–Crippen LogP) is 9.65. The molecule has 0 aromatic carbocycles. The minimum absolute atomic E-state index is 0.0149. The van der Waals surface area contributed by atoms with Crippen LogP contribution in [-0.2, 0) is 23.1 Å². The first kappa shape index (κ1) is 49.4. The highest BCUT2D eigenvalue weighted by Crippen LogP contribution is 2.38. The Bertz CT molecular complexity index is 1070. The van der Waals surface area contributed by atoms with E-state index in [1.807, 2.05) is 27.2 Å². The number of hydrogen-bond acceptors (Lipinski definition) is 7. The summed E-state index contributed by atoms with van der Waals surface area (Å²) >= 11 is 0. The molecule has 0 aromatic heterocycles. The van der Waals surface area contributed by atoms with Crippen LogP contribution in [0.3, 0.4) is 0 Å². The SMILES string of the molecule is CCCCCCCCCCCCC/C=C/[C@@H](O)[C@H](COP(=O)([O-])OCC[N+](C)(C)C)NC(=O)CCC/C=C\C/C=C\C/C=C\CC1OC1CCCCC. The highest BCUT2D eigenvalue weighted by molar-refractivity contribution is 7.45. The zero-order chi connectivity index (χ0) is 39.0. The molecule has 0 aliphatic carbocycles. The first-order valence-electron chi connectivity index (χ1n) is 21.1. The number of aliphatic hydroxyl groups is 1. The second-order valence-corrected chi connectivity index (χ2v) is 17.1. The third-order valence-electron chi connectivity index (χ3n) is 9.46. The first-order valence-corrected chi connectivity index (χ1v) is 22.6. The summed E-state index contributed by atoms with van der Waals surface area (Å²) in [6.07, 6.45) is 40.5. The third kappa shape index (κ3) is 31.3. The summed E-state index contributed by atoms with van der Waals surface area (Å²) < 4.78 is 28.8. The Balaban J connectivity index is 2.39. The number of phosphoric acid groups is 1. The molecule has 0 spiro atoms. The van der Waals surface area contributed by atoms with Crippen molar-refractivity contribution in [3.05, 3.63) is 48.6 Å². The van der Waals surface area contributed by atoms with Gasteiger partial charge in [0.05, 0.1) is 52.1 Å². The topological polar surface area (TPSA) is 120 Å². The number of phosphoric ester groups is 1. The zero-order valence-electron chi connectivity index (χ0n) is 34.4. The molecule has 1 saturated heterocycles. The Morgan fingerprint density at radius 1 is 0.774 bits per heavy atom. The van der Waals surface area contributed by atoms with Gasteiger partial charge in [-0.1, -0.05) is 146 Å². The predicted molar refractivity (Wildman–Crippen MR) is 218 cm³/mol. The number of aliphatic hydroxyl groups excluding tert-OH is 1. The van der Waals surface area contributed by atoms with Crippen molar-refractivity contribution >= 4 is 13.7 Å². The molecule has 308 valence electrons. The molecule has 10 heteroatoms. The Kier molecular flexibility index (Phi) is 29.5. The Labute approximate surface area is 324 Å². The molecule has 9 nitrogen and oxygen atoms in total. The van der Waals surface area contributed by atoms with E-state index < -0.39 is 26.6 Å². The molecule has 1 rings (SSSR count). The number of epoxide rings is 1. The van der Waals surface area contributed by atoms with Crippen molar-refractivity contribution in [2.24, 2.45) is 0 Å². The van der Waals surface area contributed by atoms with Gasteiger partial charge >= 0.3 is 0 Å². The summed E-state index contributed by atoms with van der Waals surface area (Å²) in [4.78, 5) is 25.2. The Morgan fingerprint density at radius 3 is 1.98 bits per heavy atom. The van der Waals surface area contributed by atoms with E-state index in [1.54, 1.807) is 6.08 Å². The summed E-state index contributed by atoms with van der Waals surface area (Å²) in [5.74, 6) is -0.257. The molecule has 53 heavy (non-hydrogen) atoms. The van der Waals surface area contributed by atoms with E-state index >= 15 is 0 Å². The van der Waals surface area contributed by atoms with Crippen LogP contribution in [0.1, 0.15) is 155 Å². The molecule has 5 atom stereocenters. The minimum atomic E-state index is -4.60. The molecule has 1 aliphatic heterocycles. The lowest BCUT2D eigenvalue weighted by Gasteiger charge is -2.29. The number of unbranched alkanes of at least 4 members (excludes halogenated alkanes) is 14. The molecule has 1 heterocycles. The van der Waals surface area contributed by atoms with Crippen molar-refractivity contribution in [1.82, 2.24) is 5.32 Å². The van der Waals surface area contributed by atoms with E-state index in [0.29, 0.717) is 29.7 Å². The van der Waals surface area contributed by atoms with Crippen molar-refractivity contribution in [3.8, 4) is 0 Å². The van der Waals surface area contributed by atoms with Gasteiger partial charge in [0.15, 0.2) is 0 Å². The van der Waals surface area contributed by atoms with Crippen molar-refractivity contribution in [1.29, 1.82) is 0 Å². The van der Waals surface area contributed by atoms with E-state index in [2.05, 4.69) is 55.6 Å². The molecule has 0 bridgehead atoms. The molecule has 0 radical (unpaired) electrons. The van der Waals surface area contributed by atoms with Gasteiger partial charge in [0.25, 0.3) is 7.82 Å². The summed E-state index contributed by atoms with van der Waals surface area (Å²) in [5, 5.41) is 13.7. The first-order chi connectivity index (χ1) is 25.5. The second-order valence-electron chi connectivity index (χ2n) is 15.7. The van der Waals surface area contributed by atoms with Gasteiger partial charge in [-0.25, -0.2) is 0 Å². The van der Waals surface area contributed by atoms with Gasteiger partial charge < -0.3 is 33.6 Å². The number of rotatable bonds is 36. The highest BCUT2D eigenvalue weighted by Gasteiger charge is 2.36. The number of nitrogens with zero attached hydrogens (tertiary/aromatic N) is 1. The van der Waals surface area contributed by atoms with Crippen LogP contribution in [0.4, 0.5) is 0 Å². The molecule has 1 aliphatic rings. The Hall–Kier alpha value is -1.58. The largest absolute Gasteiger partial charge is 0.756 e. The van der Waals surface area contributed by atoms with Crippen molar-refractivity contribution in [2.75, 3.05) is 40.9 Å². The average Bonchev–Trinajstić information content (AvgIpc) is 3.86. The third-order valence-corrected chi connectivity index (χ3v) is 10.4. The van der Waals surface area contributed by atoms with Crippen LogP contribution in [0.5, 0.6) is 0 Å². The zero-order valence-corrected chi connectivity index (χ0v) is 35.3. The van der Waals surface area contributed by atoms with Crippen LogP contribution >= 0.6 is 7.82 Å². The van der Waals surface area contributed by atoms with Crippen LogP contribution in [0.25, 0.3) is 0 Å². The lowest BCUT2D eigenvalue weighted by atomic mass is 10.0. The lowest BCUT2D eigenvalue weighted by Crippen LogP contribution is -2.45. The van der Waals surface area contributed by atoms with Gasteiger partial charge in [0, 0.05) is 6.42 Å². The molecule has 0 saturated carbocycles. The van der Waals surface area contributed by atoms with Crippen molar-refractivity contribution in [2.45, 2.75) is 179 Å². The van der Waals surface area contributed by atoms with Crippen LogP contribution in [0, 0.1) is 0 Å². The van der Waals surface area contributed by atoms with Gasteiger partial charge in [0.2, 0.25) is 5.91 Å². The van der Waals surface area contributed by atoms with Gasteiger partial charge in [-0.05, 0) is 51.4 Å². The molecule has 1 amide bonds. The maximum absolute atomic E-state index is 12.8. The molecule has 3 unspecified atom stereocenters. The van der Waals surface area contributed by atoms with E-state index in [1.165, 1.54) is 83.5 Å². The van der Waals surface area contributed by atoms with E-state index in [9.17, 15) is 19.4 Å². The highest BCUT2D eigenvalue weighted by atomic mass is 31.2. The summed E-state index contributed by atoms with van der Waals surface area (Å²) in [7, 11) is 1.21. The molecular formula is C43H79N2O7P. The van der Waals surface area contributed by atoms with Gasteiger partial charge in [-0.2, -0.15) is 0 Å². The number of allylic oxidation sites excluding steroid dienone is 6. The smallest absolute Gasteiger partial charge is 0.268 e. The minimum Gasteiger partial charge on any atom is -0.756 e. The monoisotopic (exact) mass is 767 g/mol. The number of carbonyl (C=O) groups is 1. The number of ether oxygens (including phenoxy) is 1. The fraction of sp³-hybridized carbons (Fsp3) is 0.791. The lowest BCUT2D eigenvalue weighted by molar-refractivity contribution is -0.870. The summed E-state index contributed by atoms with van der Waals surface area (Å²) in [6, 6.07) is -0.917. The fourth-order valence-electron chi connectivity index (χ4n) is 5.94. The summed E-state index contributed by atoms with van der Waals surface area (Å²) in [6.45, 7) is 4.54. The normalized spacial score (nSPS) is 18.8. The van der Waals surface area contributed by atoms with Crippen LogP contribution in [0.2, 0.25) is 0 Å². The van der Waals surface area contributed by atoms with Crippen LogP contribution in [0.15, 0.2) is 48.6 Å². The fourth-order valence-corrected chi connectivity index (χ4v) is 6.67. The summed E-state index contributed by atoms with van der Waals surface area (Å²) in [5.41, 5.74) is 0. The van der Waals surface area contributed by atoms with Crippen molar-refractivity contribution < 1.29 is 37.6 Å². The van der Waals surface area contributed by atoms with Gasteiger partial charge in [-0.3, -0.25) is 9.36 Å². The number of likely N-dealkylation sites (N-methyl/N-ethyl adjacent to an activating group) is 1. The van der Waals surface area contributed by atoms with Crippen LogP contribution in [-0.4, -0.2) is 80.8 Å². The number of quaternary nitrogens is 1. The number of hydrogen-bond donors (Lipinski definition) is 2. The van der Waals surface area contributed by atoms with Crippen LogP contribution < -0.4 is 10.2 Å².